The zero-order chi connectivity index (χ0) is 20.8. The lowest BCUT2D eigenvalue weighted by atomic mass is 10.0. The van der Waals surface area contributed by atoms with Crippen molar-refractivity contribution < 1.29 is 22.4 Å². The van der Waals surface area contributed by atoms with Crippen molar-refractivity contribution in [1.29, 1.82) is 0 Å². The van der Waals surface area contributed by atoms with Gasteiger partial charge in [-0.1, -0.05) is 6.58 Å². The van der Waals surface area contributed by atoms with Crippen LogP contribution in [0.5, 0.6) is 0 Å². The summed E-state index contributed by atoms with van der Waals surface area (Å²) in [5, 5.41) is 2.67. The highest BCUT2D eigenvalue weighted by atomic mass is 32.2. The van der Waals surface area contributed by atoms with Crippen molar-refractivity contribution in [2.24, 2.45) is 0 Å². The third-order valence-electron chi connectivity index (χ3n) is 5.01. The van der Waals surface area contributed by atoms with Crippen molar-refractivity contribution >= 4 is 27.5 Å². The van der Waals surface area contributed by atoms with E-state index in [-0.39, 0.29) is 28.9 Å². The largest absolute Gasteiger partial charge is 0.329 e. The Labute approximate surface area is 167 Å². The molecule has 7 nitrogen and oxygen atoms in total. The highest BCUT2D eigenvalue weighted by Crippen LogP contribution is 2.30. The van der Waals surface area contributed by atoms with Crippen LogP contribution in [0.25, 0.3) is 0 Å². The molecule has 2 heterocycles. The summed E-state index contributed by atoms with van der Waals surface area (Å²) in [4.78, 5) is 26.4. The minimum absolute atomic E-state index is 0.0730. The Morgan fingerprint density at radius 3 is 2.55 bits per heavy atom. The fraction of sp³-hybridized carbons (Fsp3) is 0.200. The zero-order valence-electron chi connectivity index (χ0n) is 15.3. The van der Waals surface area contributed by atoms with E-state index in [4.69, 9.17) is 0 Å². The lowest BCUT2D eigenvalue weighted by molar-refractivity contribution is -0.126. The van der Waals surface area contributed by atoms with Crippen molar-refractivity contribution in [3.8, 4) is 0 Å². The van der Waals surface area contributed by atoms with Crippen LogP contribution in [-0.4, -0.2) is 31.2 Å². The van der Waals surface area contributed by atoms with Crippen LogP contribution in [0.4, 0.5) is 10.1 Å². The number of allylic oxidation sites excluding steroid dienone is 1. The van der Waals surface area contributed by atoms with E-state index in [1.54, 1.807) is 12.1 Å². The summed E-state index contributed by atoms with van der Waals surface area (Å²) in [6, 6.07) is 8.50. The molecule has 0 aromatic heterocycles. The molecule has 2 aliphatic rings. The van der Waals surface area contributed by atoms with Crippen molar-refractivity contribution in [1.82, 2.24) is 10.2 Å². The van der Waals surface area contributed by atoms with Gasteiger partial charge in [-0.2, -0.15) is 0 Å². The molecule has 4 rings (SSSR count). The van der Waals surface area contributed by atoms with Gasteiger partial charge in [0.15, 0.2) is 0 Å². The van der Waals surface area contributed by atoms with E-state index in [1.807, 2.05) is 0 Å². The Balaban J connectivity index is 1.55. The smallest absolute Gasteiger partial charge is 0.261 e. The van der Waals surface area contributed by atoms with Gasteiger partial charge in [0, 0.05) is 23.5 Å². The highest BCUT2D eigenvalue weighted by molar-refractivity contribution is 7.92. The molecule has 9 heteroatoms. The quantitative estimate of drug-likeness (QED) is 0.802. The van der Waals surface area contributed by atoms with E-state index < -0.39 is 21.9 Å². The number of halogens is 1. The van der Waals surface area contributed by atoms with E-state index in [2.05, 4.69) is 16.6 Å². The molecule has 2 aliphatic heterocycles. The lowest BCUT2D eigenvalue weighted by Gasteiger charge is -2.30. The lowest BCUT2D eigenvalue weighted by Crippen LogP contribution is -2.49. The van der Waals surface area contributed by atoms with Crippen molar-refractivity contribution in [2.75, 3.05) is 4.72 Å². The topological polar surface area (TPSA) is 95.6 Å². The van der Waals surface area contributed by atoms with E-state index in [0.29, 0.717) is 29.7 Å². The van der Waals surface area contributed by atoms with Crippen molar-refractivity contribution in [3.05, 3.63) is 71.7 Å². The zero-order valence-corrected chi connectivity index (χ0v) is 16.1. The van der Waals surface area contributed by atoms with Gasteiger partial charge in [-0.3, -0.25) is 14.3 Å². The number of nitrogens with zero attached hydrogens (tertiary/aromatic N) is 1. The average Bonchev–Trinajstić information content (AvgIpc) is 2.97. The SMILES string of the molecule is C=C1CCC(N2Cc3cc(NS(=O)(=O)c4ccc(F)cc4)ccc3C2=O)C(=O)N1. The number of rotatable bonds is 4. The third kappa shape index (κ3) is 3.61. The van der Waals surface area contributed by atoms with E-state index >= 15 is 0 Å². The van der Waals surface area contributed by atoms with E-state index in [1.165, 1.54) is 23.1 Å². The minimum Gasteiger partial charge on any atom is -0.329 e. The summed E-state index contributed by atoms with van der Waals surface area (Å²) in [6.45, 7) is 3.95. The number of nitrogens with one attached hydrogen (secondary N) is 2. The van der Waals surface area contributed by atoms with Gasteiger partial charge in [0.1, 0.15) is 11.9 Å². The number of carbonyl (C=O) groups excluding carboxylic acids is 2. The second-order valence-corrected chi connectivity index (χ2v) is 8.69. The molecule has 1 fully saturated rings. The Morgan fingerprint density at radius 2 is 1.86 bits per heavy atom. The molecule has 0 spiro atoms. The third-order valence-corrected chi connectivity index (χ3v) is 6.41. The number of carbonyl (C=O) groups is 2. The molecule has 0 radical (unpaired) electrons. The second kappa shape index (κ2) is 7.00. The normalized spacial score (nSPS) is 19.1. The summed E-state index contributed by atoms with van der Waals surface area (Å²) in [7, 11) is -3.90. The van der Waals surface area contributed by atoms with Gasteiger partial charge < -0.3 is 10.2 Å². The molecule has 1 saturated heterocycles. The number of benzene rings is 2. The van der Waals surface area contributed by atoms with Gasteiger partial charge >= 0.3 is 0 Å². The second-order valence-electron chi connectivity index (χ2n) is 7.01. The molecule has 2 N–H and O–H groups in total. The summed E-state index contributed by atoms with van der Waals surface area (Å²) < 4.78 is 40.5. The van der Waals surface area contributed by atoms with Crippen LogP contribution in [0.3, 0.4) is 0 Å². The maximum Gasteiger partial charge on any atom is 0.261 e. The van der Waals surface area contributed by atoms with Gasteiger partial charge in [0.25, 0.3) is 15.9 Å². The van der Waals surface area contributed by atoms with Crippen LogP contribution in [0, 0.1) is 5.82 Å². The predicted octanol–water partition coefficient (Wildman–Crippen LogP) is 2.37. The van der Waals surface area contributed by atoms with Crippen molar-refractivity contribution in [3.63, 3.8) is 0 Å². The van der Waals surface area contributed by atoms with Gasteiger partial charge in [-0.25, -0.2) is 12.8 Å². The Kier molecular flexibility index (Phi) is 4.62. The first-order chi connectivity index (χ1) is 13.7. The van der Waals surface area contributed by atoms with Crippen LogP contribution in [-0.2, 0) is 21.4 Å². The predicted molar refractivity (Wildman–Crippen MR) is 104 cm³/mol. The molecule has 1 atom stereocenters. The number of amides is 2. The number of fused-ring (bicyclic) bond motifs is 1. The average molecular weight is 415 g/mol. The van der Waals surface area contributed by atoms with Gasteiger partial charge in [-0.05, 0) is 60.9 Å². The minimum atomic E-state index is -3.90. The number of hydrogen-bond acceptors (Lipinski definition) is 4. The molecule has 29 heavy (non-hydrogen) atoms. The number of hydrogen-bond donors (Lipinski definition) is 2. The molecule has 2 aromatic rings. The summed E-state index contributed by atoms with van der Waals surface area (Å²) >= 11 is 0. The number of anilines is 1. The first-order valence-electron chi connectivity index (χ1n) is 8.95. The molecule has 0 aliphatic carbocycles. The van der Waals surface area contributed by atoms with Crippen LogP contribution >= 0.6 is 0 Å². The molecule has 0 bridgehead atoms. The summed E-state index contributed by atoms with van der Waals surface area (Å²) in [5.74, 6) is -1.06. The molecule has 0 saturated carbocycles. The highest BCUT2D eigenvalue weighted by Gasteiger charge is 2.38. The fourth-order valence-corrected chi connectivity index (χ4v) is 4.60. The molecule has 2 amide bonds. The summed E-state index contributed by atoms with van der Waals surface area (Å²) in [5.41, 5.74) is 1.98. The van der Waals surface area contributed by atoms with E-state index in [0.717, 1.165) is 12.1 Å². The molecule has 1 unspecified atom stereocenters. The Hall–Kier alpha value is -3.20. The fourth-order valence-electron chi connectivity index (χ4n) is 3.55. The standard InChI is InChI=1S/C20H18FN3O4S/c1-12-2-9-18(19(25)22-12)24-11-13-10-15(5-8-17(13)20(24)26)23-29(27,28)16-6-3-14(21)4-7-16/h3-8,10,18,23H,1-2,9,11H2,(H,22,25). The van der Waals surface area contributed by atoms with Crippen LogP contribution < -0.4 is 10.0 Å². The Morgan fingerprint density at radius 1 is 1.14 bits per heavy atom. The number of sulfonamides is 1. The first kappa shape index (κ1) is 19.1. The monoisotopic (exact) mass is 415 g/mol. The van der Waals surface area contributed by atoms with Gasteiger partial charge in [-0.15, -0.1) is 0 Å². The first-order valence-corrected chi connectivity index (χ1v) is 10.4. The molecule has 2 aromatic carbocycles. The maximum absolute atomic E-state index is 13.0. The maximum atomic E-state index is 13.0. The molecule has 150 valence electrons. The van der Waals surface area contributed by atoms with Crippen molar-refractivity contribution in [2.45, 2.75) is 30.3 Å². The number of piperidine rings is 1. The van der Waals surface area contributed by atoms with Crippen LogP contribution in [0.15, 0.2) is 59.6 Å². The van der Waals surface area contributed by atoms with Gasteiger partial charge in [0.2, 0.25) is 5.91 Å². The van der Waals surface area contributed by atoms with Crippen LogP contribution in [0.1, 0.15) is 28.8 Å². The van der Waals surface area contributed by atoms with Gasteiger partial charge in [0.05, 0.1) is 4.90 Å². The van der Waals surface area contributed by atoms with Crippen LogP contribution in [0.2, 0.25) is 0 Å². The van der Waals surface area contributed by atoms with E-state index in [9.17, 15) is 22.4 Å². The molecular weight excluding hydrogens is 397 g/mol. The Bertz CT molecular complexity index is 1130. The molecular formula is C20H18FN3O4S. The summed E-state index contributed by atoms with van der Waals surface area (Å²) in [6.07, 6.45) is 1.09.